The molecule has 1 aliphatic heterocycles. The lowest BCUT2D eigenvalue weighted by Gasteiger charge is -2.27. The lowest BCUT2D eigenvalue weighted by molar-refractivity contribution is -0.143. The summed E-state index contributed by atoms with van der Waals surface area (Å²) in [6.07, 6.45) is 1.63. The fourth-order valence-electron chi connectivity index (χ4n) is 1.63. The highest BCUT2D eigenvalue weighted by atomic mass is 19.1. The lowest BCUT2D eigenvalue weighted by atomic mass is 10.1. The number of aliphatic hydroxyl groups excluding tert-OH is 1. The minimum atomic E-state index is -1.82. The normalized spacial score (nSPS) is 23.7. The van der Waals surface area contributed by atoms with Crippen molar-refractivity contribution in [3.05, 3.63) is 0 Å². The summed E-state index contributed by atoms with van der Waals surface area (Å²) in [4.78, 5) is 12.9. The summed E-state index contributed by atoms with van der Waals surface area (Å²) in [5.74, 6) is -0.510. The zero-order chi connectivity index (χ0) is 10.1. The summed E-state index contributed by atoms with van der Waals surface area (Å²) < 4.78 is 13.3. The number of alkyl halides is 1. The molecular weight excluding hydrogens is 173 g/mol. The van der Waals surface area contributed by atoms with Gasteiger partial charge in [0.05, 0.1) is 12.6 Å². The van der Waals surface area contributed by atoms with Gasteiger partial charge in [0.15, 0.2) is 5.67 Å². The van der Waals surface area contributed by atoms with Gasteiger partial charge in [0.2, 0.25) is 0 Å². The molecule has 0 aromatic heterocycles. The minimum Gasteiger partial charge on any atom is -0.394 e. The maximum atomic E-state index is 13.3. The van der Waals surface area contributed by atoms with Crippen LogP contribution in [0.2, 0.25) is 0 Å². The topological polar surface area (TPSA) is 40.5 Å². The van der Waals surface area contributed by atoms with Crippen molar-refractivity contribution in [1.29, 1.82) is 0 Å². The summed E-state index contributed by atoms with van der Waals surface area (Å²) in [5.41, 5.74) is -1.82. The molecule has 1 heterocycles. The van der Waals surface area contributed by atoms with E-state index in [2.05, 4.69) is 0 Å². The predicted octanol–water partition coefficient (Wildman–Crippen LogP) is 0.718. The van der Waals surface area contributed by atoms with E-state index in [-0.39, 0.29) is 12.6 Å². The number of likely N-dealkylation sites (tertiary alicyclic amines) is 1. The monoisotopic (exact) mass is 189 g/mol. The zero-order valence-electron chi connectivity index (χ0n) is 8.09. The van der Waals surface area contributed by atoms with Crippen LogP contribution in [-0.4, -0.2) is 40.8 Å². The van der Waals surface area contributed by atoms with E-state index >= 15 is 0 Å². The van der Waals surface area contributed by atoms with Crippen LogP contribution in [0, 0.1) is 0 Å². The second-order valence-corrected chi connectivity index (χ2v) is 3.95. The molecule has 1 aliphatic rings. The van der Waals surface area contributed by atoms with Crippen LogP contribution >= 0.6 is 0 Å². The number of halogens is 1. The lowest BCUT2D eigenvalue weighted by Crippen LogP contribution is -2.46. The molecule has 3 nitrogen and oxygen atoms in total. The standard InChI is InChI=1S/C9H16FNO2/c1-9(2,10)8(13)11-5-3-4-7(11)6-12/h7,12H,3-6H2,1-2H3/t7-/m1/s1. The first-order valence-electron chi connectivity index (χ1n) is 4.57. The summed E-state index contributed by atoms with van der Waals surface area (Å²) in [7, 11) is 0. The van der Waals surface area contributed by atoms with Gasteiger partial charge in [-0.2, -0.15) is 0 Å². The third-order valence-corrected chi connectivity index (χ3v) is 2.36. The molecule has 1 saturated heterocycles. The Balaban J connectivity index is 2.66. The summed E-state index contributed by atoms with van der Waals surface area (Å²) in [6.45, 7) is 3.00. The van der Waals surface area contributed by atoms with E-state index < -0.39 is 11.6 Å². The highest BCUT2D eigenvalue weighted by Gasteiger charge is 2.37. The maximum Gasteiger partial charge on any atom is 0.259 e. The Hall–Kier alpha value is -0.640. The van der Waals surface area contributed by atoms with Gasteiger partial charge in [0, 0.05) is 6.54 Å². The highest BCUT2D eigenvalue weighted by Crippen LogP contribution is 2.22. The maximum absolute atomic E-state index is 13.3. The molecule has 0 aromatic carbocycles. The van der Waals surface area contributed by atoms with E-state index in [1.54, 1.807) is 0 Å². The molecule has 13 heavy (non-hydrogen) atoms. The molecule has 1 N–H and O–H groups in total. The van der Waals surface area contributed by atoms with Crippen molar-refractivity contribution < 1.29 is 14.3 Å². The van der Waals surface area contributed by atoms with E-state index in [1.807, 2.05) is 0 Å². The van der Waals surface area contributed by atoms with E-state index in [9.17, 15) is 9.18 Å². The third kappa shape index (κ3) is 2.18. The molecule has 0 unspecified atom stereocenters. The second-order valence-electron chi connectivity index (χ2n) is 3.95. The smallest absolute Gasteiger partial charge is 0.259 e. The van der Waals surface area contributed by atoms with E-state index in [0.29, 0.717) is 6.54 Å². The number of rotatable bonds is 2. The van der Waals surface area contributed by atoms with Crippen LogP contribution in [0.4, 0.5) is 4.39 Å². The molecule has 0 aliphatic carbocycles. The molecule has 1 amide bonds. The number of amides is 1. The molecule has 0 radical (unpaired) electrons. The molecule has 0 bridgehead atoms. The van der Waals surface area contributed by atoms with E-state index in [1.165, 1.54) is 18.7 Å². The largest absolute Gasteiger partial charge is 0.394 e. The SMILES string of the molecule is CC(C)(F)C(=O)N1CCC[C@@H]1CO. The summed E-state index contributed by atoms with van der Waals surface area (Å²) in [6, 6.07) is -0.178. The van der Waals surface area contributed by atoms with Crippen molar-refractivity contribution in [3.63, 3.8) is 0 Å². The first-order chi connectivity index (χ1) is 5.96. The average molecular weight is 189 g/mol. The third-order valence-electron chi connectivity index (χ3n) is 2.36. The Morgan fingerprint density at radius 2 is 2.31 bits per heavy atom. The predicted molar refractivity (Wildman–Crippen MR) is 47.0 cm³/mol. The molecule has 76 valence electrons. The van der Waals surface area contributed by atoms with Gasteiger partial charge in [-0.15, -0.1) is 0 Å². The number of aliphatic hydroxyl groups is 1. The molecule has 0 saturated carbocycles. The average Bonchev–Trinajstić information content (AvgIpc) is 2.48. The Kier molecular flexibility index (Phi) is 2.91. The first-order valence-corrected chi connectivity index (χ1v) is 4.57. The molecule has 1 atom stereocenters. The zero-order valence-corrected chi connectivity index (χ0v) is 8.09. The molecule has 4 heteroatoms. The number of carbonyl (C=O) groups is 1. The van der Waals surface area contributed by atoms with Crippen molar-refractivity contribution in [1.82, 2.24) is 4.90 Å². The number of hydrogen-bond acceptors (Lipinski definition) is 2. The van der Waals surface area contributed by atoms with Gasteiger partial charge in [0.1, 0.15) is 0 Å². The van der Waals surface area contributed by atoms with Crippen molar-refractivity contribution in [3.8, 4) is 0 Å². The summed E-state index contributed by atoms with van der Waals surface area (Å²) >= 11 is 0. The Morgan fingerprint density at radius 3 is 2.77 bits per heavy atom. The molecule has 1 fully saturated rings. The van der Waals surface area contributed by atoms with Gasteiger partial charge in [-0.1, -0.05) is 0 Å². The molecule has 0 aromatic rings. The van der Waals surface area contributed by atoms with Crippen LogP contribution in [-0.2, 0) is 4.79 Å². The van der Waals surface area contributed by atoms with Gasteiger partial charge in [-0.3, -0.25) is 4.79 Å². The molecule has 1 rings (SSSR count). The van der Waals surface area contributed by atoms with Gasteiger partial charge in [-0.05, 0) is 26.7 Å². The highest BCUT2D eigenvalue weighted by molar-refractivity contribution is 5.84. The number of carbonyl (C=O) groups excluding carboxylic acids is 1. The summed E-state index contributed by atoms with van der Waals surface area (Å²) in [5, 5.41) is 8.93. The quantitative estimate of drug-likeness (QED) is 0.695. The fourth-order valence-corrected chi connectivity index (χ4v) is 1.63. The van der Waals surface area contributed by atoms with Crippen molar-refractivity contribution in [2.45, 2.75) is 38.4 Å². The van der Waals surface area contributed by atoms with Gasteiger partial charge in [-0.25, -0.2) is 4.39 Å². The van der Waals surface area contributed by atoms with E-state index in [4.69, 9.17) is 5.11 Å². The Bertz CT molecular complexity index is 200. The molecule has 0 spiro atoms. The van der Waals surface area contributed by atoms with Crippen molar-refractivity contribution in [2.24, 2.45) is 0 Å². The minimum absolute atomic E-state index is 0.0676. The van der Waals surface area contributed by atoms with Crippen LogP contribution in [0.5, 0.6) is 0 Å². The van der Waals surface area contributed by atoms with Crippen LogP contribution in [0.1, 0.15) is 26.7 Å². The van der Waals surface area contributed by atoms with Gasteiger partial charge >= 0.3 is 0 Å². The molecular formula is C9H16FNO2. The Morgan fingerprint density at radius 1 is 1.69 bits per heavy atom. The van der Waals surface area contributed by atoms with E-state index in [0.717, 1.165) is 12.8 Å². The van der Waals surface area contributed by atoms with Gasteiger partial charge in [0.25, 0.3) is 5.91 Å². The van der Waals surface area contributed by atoms with Gasteiger partial charge < -0.3 is 10.0 Å². The van der Waals surface area contributed by atoms with Crippen molar-refractivity contribution >= 4 is 5.91 Å². The number of nitrogens with zero attached hydrogens (tertiary/aromatic N) is 1. The second kappa shape index (κ2) is 3.62. The van der Waals surface area contributed by atoms with Crippen LogP contribution < -0.4 is 0 Å². The Labute approximate surface area is 77.5 Å². The van der Waals surface area contributed by atoms with Crippen molar-refractivity contribution in [2.75, 3.05) is 13.2 Å². The van der Waals surface area contributed by atoms with Crippen LogP contribution in [0.15, 0.2) is 0 Å². The van der Waals surface area contributed by atoms with Crippen LogP contribution in [0.25, 0.3) is 0 Å². The number of hydrogen-bond donors (Lipinski definition) is 1. The van der Waals surface area contributed by atoms with Crippen LogP contribution in [0.3, 0.4) is 0 Å². The fraction of sp³-hybridized carbons (Fsp3) is 0.889. The first kappa shape index (κ1) is 10.4.